The fraction of sp³-hybridized carbons (Fsp3) is 0.407. The van der Waals surface area contributed by atoms with Crippen molar-refractivity contribution in [1.29, 1.82) is 5.41 Å². The molecule has 1 heterocycles. The number of hydrogen-bond acceptors (Lipinski definition) is 6. The fourth-order valence-electron chi connectivity index (χ4n) is 4.37. The van der Waals surface area contributed by atoms with E-state index < -0.39 is 17.4 Å². The molecule has 0 saturated carbocycles. The number of nitrogens with one attached hydrogen (secondary N) is 2. The van der Waals surface area contributed by atoms with E-state index in [0.717, 1.165) is 0 Å². The van der Waals surface area contributed by atoms with Crippen molar-refractivity contribution in [3.63, 3.8) is 0 Å². The molecule has 3 rings (SSSR count). The molecule has 0 bridgehead atoms. The van der Waals surface area contributed by atoms with Gasteiger partial charge in [-0.1, -0.05) is 20.8 Å². The number of carboxylic acid groups (broad SMARTS) is 1. The zero-order valence-electron chi connectivity index (χ0n) is 21.5. The van der Waals surface area contributed by atoms with Crippen LogP contribution in [0.25, 0.3) is 0 Å². The van der Waals surface area contributed by atoms with Crippen molar-refractivity contribution in [3.8, 4) is 11.5 Å². The van der Waals surface area contributed by atoms with Crippen LogP contribution in [0.2, 0.25) is 0 Å². The molecule has 9 nitrogen and oxygen atoms in total. The van der Waals surface area contributed by atoms with Gasteiger partial charge in [0.05, 0.1) is 19.2 Å². The molecule has 0 aliphatic carbocycles. The normalized spacial score (nSPS) is 13.8. The minimum Gasteiger partial charge on any atom is -0.507 e. The minimum atomic E-state index is -1.15. The Morgan fingerprint density at radius 1 is 1.19 bits per heavy atom. The standard InChI is InChI=1S/C27H33N3O6/c1-7-36-23-10-17-12-30(25(28)19(17)11-20(23)26(34)35)13-22(32)16-8-18(14(2)29-15(3)31)24(33)21(9-16)27(4,5)6/h8-11,14,28,33H,7,12-13H2,1-6H3,(H,29,31)(H,34,35). The summed E-state index contributed by atoms with van der Waals surface area (Å²) in [4.78, 5) is 38.3. The molecule has 4 N–H and O–H groups in total. The molecule has 1 unspecified atom stereocenters. The monoisotopic (exact) mass is 495 g/mol. The van der Waals surface area contributed by atoms with Crippen LogP contribution in [0.3, 0.4) is 0 Å². The third kappa shape index (κ3) is 5.35. The van der Waals surface area contributed by atoms with Gasteiger partial charge in [-0.15, -0.1) is 0 Å². The molecular formula is C27H33N3O6. The Morgan fingerprint density at radius 2 is 1.86 bits per heavy atom. The lowest BCUT2D eigenvalue weighted by Crippen LogP contribution is -2.31. The van der Waals surface area contributed by atoms with E-state index in [9.17, 15) is 24.6 Å². The number of phenols is 1. The number of carboxylic acids is 1. The molecule has 0 saturated heterocycles. The Kier molecular flexibility index (Phi) is 7.43. The van der Waals surface area contributed by atoms with E-state index in [2.05, 4.69) is 5.32 Å². The first kappa shape index (κ1) is 26.7. The number of phenolic OH excluding ortho intramolecular Hbond substituents is 1. The summed E-state index contributed by atoms with van der Waals surface area (Å²) in [5.41, 5.74) is 2.03. The van der Waals surface area contributed by atoms with Crippen LogP contribution >= 0.6 is 0 Å². The van der Waals surface area contributed by atoms with Crippen LogP contribution in [0.4, 0.5) is 0 Å². The topological polar surface area (TPSA) is 140 Å². The molecule has 2 aromatic carbocycles. The third-order valence-corrected chi connectivity index (χ3v) is 6.16. The van der Waals surface area contributed by atoms with Crippen LogP contribution in [-0.2, 0) is 16.8 Å². The van der Waals surface area contributed by atoms with E-state index in [0.29, 0.717) is 34.4 Å². The number of fused-ring (bicyclic) bond motifs is 1. The predicted octanol–water partition coefficient (Wildman–Crippen LogP) is 4.01. The van der Waals surface area contributed by atoms with Crippen LogP contribution in [-0.4, -0.2) is 51.8 Å². The van der Waals surface area contributed by atoms with Gasteiger partial charge in [-0.2, -0.15) is 0 Å². The lowest BCUT2D eigenvalue weighted by atomic mass is 9.82. The van der Waals surface area contributed by atoms with Gasteiger partial charge >= 0.3 is 5.97 Å². The lowest BCUT2D eigenvalue weighted by Gasteiger charge is -2.26. The highest BCUT2D eigenvalue weighted by atomic mass is 16.5. The average molecular weight is 496 g/mol. The molecule has 192 valence electrons. The Hall–Kier alpha value is -3.88. The highest BCUT2D eigenvalue weighted by molar-refractivity contribution is 6.07. The number of carbonyl (C=O) groups excluding carboxylic acids is 2. The molecule has 0 aromatic heterocycles. The van der Waals surface area contributed by atoms with Gasteiger partial charge < -0.3 is 25.2 Å². The van der Waals surface area contributed by atoms with Crippen LogP contribution in [0.15, 0.2) is 24.3 Å². The van der Waals surface area contributed by atoms with Crippen LogP contribution < -0.4 is 10.1 Å². The van der Waals surface area contributed by atoms with Crippen LogP contribution in [0.1, 0.15) is 90.6 Å². The molecular weight excluding hydrogens is 462 g/mol. The quantitative estimate of drug-likeness (QED) is 0.406. The number of aromatic hydroxyl groups is 1. The lowest BCUT2D eigenvalue weighted by molar-refractivity contribution is -0.119. The number of carbonyl (C=O) groups is 3. The van der Waals surface area contributed by atoms with Gasteiger partial charge in [-0.3, -0.25) is 15.0 Å². The first-order valence-electron chi connectivity index (χ1n) is 11.8. The SMILES string of the molecule is CCOc1cc2c(cc1C(=O)O)C(=N)N(CC(=O)c1cc(C(C)NC(C)=O)c(O)c(C(C)(C)C)c1)C2. The number of aromatic carboxylic acids is 1. The van der Waals surface area contributed by atoms with Gasteiger partial charge in [0, 0.05) is 35.7 Å². The highest BCUT2D eigenvalue weighted by Crippen LogP contribution is 2.37. The summed E-state index contributed by atoms with van der Waals surface area (Å²) in [5.74, 6) is -1.35. The van der Waals surface area contributed by atoms with E-state index in [-0.39, 0.29) is 47.7 Å². The van der Waals surface area contributed by atoms with Gasteiger partial charge in [-0.05, 0) is 49.1 Å². The zero-order valence-corrected chi connectivity index (χ0v) is 21.5. The van der Waals surface area contributed by atoms with Gasteiger partial charge in [-0.25, -0.2) is 4.79 Å². The number of nitrogens with zero attached hydrogens (tertiary/aromatic N) is 1. The number of amides is 1. The maximum atomic E-state index is 13.4. The maximum Gasteiger partial charge on any atom is 0.339 e. The second-order valence-corrected chi connectivity index (χ2v) is 10.0. The minimum absolute atomic E-state index is 0.0292. The van der Waals surface area contributed by atoms with Crippen molar-refractivity contribution in [3.05, 3.63) is 57.6 Å². The van der Waals surface area contributed by atoms with Crippen molar-refractivity contribution in [2.75, 3.05) is 13.2 Å². The molecule has 1 amide bonds. The van der Waals surface area contributed by atoms with E-state index in [4.69, 9.17) is 10.1 Å². The second-order valence-electron chi connectivity index (χ2n) is 10.0. The van der Waals surface area contributed by atoms with Crippen molar-refractivity contribution in [1.82, 2.24) is 10.2 Å². The zero-order chi connectivity index (χ0) is 26.9. The van der Waals surface area contributed by atoms with Crippen molar-refractivity contribution in [2.24, 2.45) is 0 Å². The predicted molar refractivity (Wildman–Crippen MR) is 135 cm³/mol. The summed E-state index contributed by atoms with van der Waals surface area (Å²) < 4.78 is 5.47. The summed E-state index contributed by atoms with van der Waals surface area (Å²) in [6.45, 7) is 11.1. The number of rotatable bonds is 8. The summed E-state index contributed by atoms with van der Waals surface area (Å²) in [6, 6.07) is 5.76. The van der Waals surface area contributed by atoms with Crippen LogP contribution in [0, 0.1) is 5.41 Å². The second kappa shape index (κ2) is 10.0. The molecule has 1 aliphatic heterocycles. The number of Topliss-reactive ketones (excluding diaryl/α,β-unsaturated/α-hetero) is 1. The molecule has 0 fully saturated rings. The third-order valence-electron chi connectivity index (χ3n) is 6.16. The average Bonchev–Trinajstić information content (AvgIpc) is 3.06. The number of amidine groups is 1. The van der Waals surface area contributed by atoms with Gasteiger partial charge in [0.2, 0.25) is 5.91 Å². The number of ketones is 1. The molecule has 1 aliphatic rings. The first-order chi connectivity index (χ1) is 16.7. The molecule has 1 atom stereocenters. The summed E-state index contributed by atoms with van der Waals surface area (Å²) >= 11 is 0. The van der Waals surface area contributed by atoms with Crippen LogP contribution in [0.5, 0.6) is 11.5 Å². The highest BCUT2D eigenvalue weighted by Gasteiger charge is 2.31. The smallest absolute Gasteiger partial charge is 0.339 e. The van der Waals surface area contributed by atoms with Gasteiger partial charge in [0.1, 0.15) is 22.9 Å². The number of benzene rings is 2. The van der Waals surface area contributed by atoms with E-state index in [1.54, 1.807) is 36.9 Å². The van der Waals surface area contributed by atoms with Gasteiger partial charge in [0.25, 0.3) is 0 Å². The fourth-order valence-corrected chi connectivity index (χ4v) is 4.37. The Morgan fingerprint density at radius 3 is 2.42 bits per heavy atom. The molecule has 9 heteroatoms. The Labute approximate surface area is 210 Å². The summed E-state index contributed by atoms with van der Waals surface area (Å²) in [7, 11) is 0. The summed E-state index contributed by atoms with van der Waals surface area (Å²) in [5, 5.41) is 31.8. The first-order valence-corrected chi connectivity index (χ1v) is 11.8. The van der Waals surface area contributed by atoms with E-state index >= 15 is 0 Å². The maximum absolute atomic E-state index is 13.4. The molecule has 0 radical (unpaired) electrons. The molecule has 36 heavy (non-hydrogen) atoms. The largest absolute Gasteiger partial charge is 0.507 e. The van der Waals surface area contributed by atoms with E-state index in [1.807, 2.05) is 20.8 Å². The van der Waals surface area contributed by atoms with Crippen molar-refractivity contribution >= 4 is 23.5 Å². The van der Waals surface area contributed by atoms with Crippen molar-refractivity contribution < 1.29 is 29.3 Å². The number of hydrogen-bond donors (Lipinski definition) is 4. The Bertz CT molecular complexity index is 1250. The summed E-state index contributed by atoms with van der Waals surface area (Å²) in [6.07, 6.45) is 0. The van der Waals surface area contributed by atoms with Gasteiger partial charge in [0.15, 0.2) is 5.78 Å². The molecule has 2 aromatic rings. The number of ether oxygens (including phenoxy) is 1. The van der Waals surface area contributed by atoms with E-state index in [1.165, 1.54) is 13.0 Å². The molecule has 0 spiro atoms. The Balaban J connectivity index is 1.95. The van der Waals surface area contributed by atoms with Crippen molar-refractivity contribution in [2.45, 2.75) is 59.5 Å².